The van der Waals surface area contributed by atoms with E-state index in [0.717, 1.165) is 0 Å². The van der Waals surface area contributed by atoms with Crippen molar-refractivity contribution in [1.82, 2.24) is 5.32 Å². The third-order valence-corrected chi connectivity index (χ3v) is 1.56. The Labute approximate surface area is 84.2 Å². The van der Waals surface area contributed by atoms with E-state index in [4.69, 9.17) is 0 Å². The van der Waals surface area contributed by atoms with Gasteiger partial charge in [-0.3, -0.25) is 4.79 Å². The van der Waals surface area contributed by atoms with Crippen LogP contribution in [0.4, 0.5) is 4.39 Å². The lowest BCUT2D eigenvalue weighted by Crippen LogP contribution is -2.33. The maximum absolute atomic E-state index is 12.4. The predicted octanol–water partition coefficient (Wildman–Crippen LogP) is 2.50. The third-order valence-electron chi connectivity index (χ3n) is 1.56. The zero-order chi connectivity index (χ0) is 11.1. The van der Waals surface area contributed by atoms with Crippen molar-refractivity contribution in [2.24, 2.45) is 0 Å². The maximum Gasteiger partial charge on any atom is 0.250 e. The summed E-state index contributed by atoms with van der Waals surface area (Å²) in [5.41, 5.74) is 0.365. The van der Waals surface area contributed by atoms with Crippen molar-refractivity contribution in [2.45, 2.75) is 26.3 Å². The smallest absolute Gasteiger partial charge is 0.250 e. The van der Waals surface area contributed by atoms with Crippen molar-refractivity contribution in [3.8, 4) is 0 Å². The van der Waals surface area contributed by atoms with Crippen molar-refractivity contribution in [2.75, 3.05) is 0 Å². The minimum absolute atomic E-state index is 0.134. The average molecular weight is 197 g/mol. The minimum atomic E-state index is -0.436. The van der Waals surface area contributed by atoms with Gasteiger partial charge < -0.3 is 5.32 Å². The molecular weight excluding hydrogens is 181 g/mol. The van der Waals surface area contributed by atoms with Crippen LogP contribution < -0.4 is 5.32 Å². The van der Waals surface area contributed by atoms with Gasteiger partial charge in [-0.2, -0.15) is 0 Å². The molecule has 0 spiro atoms. The van der Waals surface area contributed by atoms with Crippen LogP contribution in [0.3, 0.4) is 0 Å². The van der Waals surface area contributed by atoms with Crippen LogP contribution in [0.2, 0.25) is 0 Å². The zero-order valence-electron chi connectivity index (χ0n) is 8.64. The normalized spacial score (nSPS) is 12.5. The highest BCUT2D eigenvalue weighted by Crippen LogP contribution is 2.04. The number of rotatable bonds is 5. The lowest BCUT2D eigenvalue weighted by Gasteiger charge is -2.12. The molecular formula is C11H16FNO. The van der Waals surface area contributed by atoms with E-state index in [9.17, 15) is 9.18 Å². The Morgan fingerprint density at radius 3 is 2.57 bits per heavy atom. The van der Waals surface area contributed by atoms with E-state index in [1.165, 1.54) is 0 Å². The summed E-state index contributed by atoms with van der Waals surface area (Å²) in [6.45, 7) is 10.2. The van der Waals surface area contributed by atoms with E-state index in [1.54, 1.807) is 26.0 Å². The van der Waals surface area contributed by atoms with Gasteiger partial charge in [-0.1, -0.05) is 25.3 Å². The Morgan fingerprint density at radius 2 is 2.14 bits per heavy atom. The number of carbonyl (C=O) groups is 1. The number of hydrogen-bond donors (Lipinski definition) is 1. The lowest BCUT2D eigenvalue weighted by molar-refractivity contribution is -0.117. The molecule has 0 bridgehead atoms. The van der Waals surface area contributed by atoms with Gasteiger partial charge in [-0.05, 0) is 13.8 Å². The topological polar surface area (TPSA) is 29.1 Å². The summed E-state index contributed by atoms with van der Waals surface area (Å²) in [7, 11) is 0. The van der Waals surface area contributed by atoms with Gasteiger partial charge in [-0.15, -0.1) is 0 Å². The number of hydrogen-bond acceptors (Lipinski definition) is 1. The van der Waals surface area contributed by atoms with Gasteiger partial charge in [0.15, 0.2) is 0 Å². The number of halogens is 1. The molecule has 78 valence electrons. The quantitative estimate of drug-likeness (QED) is 0.532. The maximum atomic E-state index is 12.4. The Morgan fingerprint density at radius 1 is 1.57 bits per heavy atom. The summed E-state index contributed by atoms with van der Waals surface area (Å²) in [4.78, 5) is 11.3. The largest absolute Gasteiger partial charge is 0.349 e. The second kappa shape index (κ2) is 6.13. The second-order valence-electron chi connectivity index (χ2n) is 3.12. The Kier molecular flexibility index (Phi) is 5.53. The van der Waals surface area contributed by atoms with Gasteiger partial charge >= 0.3 is 0 Å². The molecule has 0 aromatic rings. The first-order valence-electron chi connectivity index (χ1n) is 4.43. The Balaban J connectivity index is 4.05. The van der Waals surface area contributed by atoms with Crippen LogP contribution in [0, 0.1) is 0 Å². The van der Waals surface area contributed by atoms with Crippen molar-refractivity contribution in [1.29, 1.82) is 0 Å². The van der Waals surface area contributed by atoms with Crippen LogP contribution in [0.5, 0.6) is 0 Å². The summed E-state index contributed by atoms with van der Waals surface area (Å²) in [6.07, 6.45) is 3.46. The Hall–Kier alpha value is -1.38. The van der Waals surface area contributed by atoms with E-state index >= 15 is 0 Å². The summed E-state index contributed by atoms with van der Waals surface area (Å²) in [5.74, 6) is -0.716. The molecule has 0 heterocycles. The molecule has 0 aliphatic rings. The molecule has 1 N–H and O–H groups in total. The van der Waals surface area contributed by atoms with E-state index in [1.807, 2.05) is 0 Å². The fourth-order valence-corrected chi connectivity index (χ4v) is 0.977. The first-order chi connectivity index (χ1) is 6.47. The summed E-state index contributed by atoms with van der Waals surface area (Å²) in [6, 6.07) is -0.262. The molecule has 2 nitrogen and oxygen atoms in total. The molecule has 0 radical (unpaired) electrons. The fraction of sp³-hybridized carbons (Fsp3) is 0.364. The highest BCUT2D eigenvalue weighted by molar-refractivity contribution is 5.95. The molecule has 0 aliphatic heterocycles. The SMILES string of the molecule is C=C(F)CC(C)NC(=O)C(=C)/C=C\C. The lowest BCUT2D eigenvalue weighted by atomic mass is 10.2. The van der Waals surface area contributed by atoms with Gasteiger partial charge in [0, 0.05) is 18.0 Å². The van der Waals surface area contributed by atoms with Gasteiger partial charge in [0.05, 0.1) is 5.83 Å². The van der Waals surface area contributed by atoms with E-state index in [0.29, 0.717) is 5.57 Å². The van der Waals surface area contributed by atoms with Crippen molar-refractivity contribution >= 4 is 5.91 Å². The van der Waals surface area contributed by atoms with Crippen LogP contribution in [0.1, 0.15) is 20.3 Å². The van der Waals surface area contributed by atoms with Crippen LogP contribution in [0.25, 0.3) is 0 Å². The van der Waals surface area contributed by atoms with Crippen LogP contribution >= 0.6 is 0 Å². The zero-order valence-corrected chi connectivity index (χ0v) is 8.64. The summed E-state index contributed by atoms with van der Waals surface area (Å²) in [5, 5.41) is 2.61. The molecule has 3 heteroatoms. The first-order valence-corrected chi connectivity index (χ1v) is 4.43. The van der Waals surface area contributed by atoms with Crippen LogP contribution in [-0.2, 0) is 4.79 Å². The number of carbonyl (C=O) groups excluding carboxylic acids is 1. The molecule has 0 aromatic heterocycles. The van der Waals surface area contributed by atoms with Gasteiger partial charge in [0.1, 0.15) is 0 Å². The van der Waals surface area contributed by atoms with Crippen LogP contribution in [-0.4, -0.2) is 11.9 Å². The van der Waals surface area contributed by atoms with Crippen molar-refractivity contribution in [3.05, 3.63) is 36.7 Å². The monoisotopic (exact) mass is 197 g/mol. The number of amides is 1. The molecule has 0 aromatic carbocycles. The first kappa shape index (κ1) is 12.6. The van der Waals surface area contributed by atoms with Crippen molar-refractivity contribution < 1.29 is 9.18 Å². The van der Waals surface area contributed by atoms with E-state index in [-0.39, 0.29) is 18.4 Å². The van der Waals surface area contributed by atoms with Crippen LogP contribution in [0.15, 0.2) is 36.7 Å². The van der Waals surface area contributed by atoms with E-state index in [2.05, 4.69) is 18.5 Å². The molecule has 0 fully saturated rings. The van der Waals surface area contributed by atoms with Gasteiger partial charge in [0.25, 0.3) is 5.91 Å². The molecule has 1 atom stereocenters. The summed E-state index contributed by atoms with van der Waals surface area (Å²) < 4.78 is 12.4. The molecule has 0 aliphatic carbocycles. The molecule has 1 amide bonds. The minimum Gasteiger partial charge on any atom is -0.349 e. The highest BCUT2D eigenvalue weighted by Gasteiger charge is 2.09. The highest BCUT2D eigenvalue weighted by atomic mass is 19.1. The molecule has 0 saturated carbocycles. The number of nitrogens with one attached hydrogen (secondary N) is 1. The molecule has 14 heavy (non-hydrogen) atoms. The Bertz CT molecular complexity index is 268. The molecule has 1 unspecified atom stereocenters. The number of allylic oxidation sites excluding steroid dienone is 1. The van der Waals surface area contributed by atoms with Crippen molar-refractivity contribution in [3.63, 3.8) is 0 Å². The average Bonchev–Trinajstić information content (AvgIpc) is 2.02. The van der Waals surface area contributed by atoms with Gasteiger partial charge in [-0.25, -0.2) is 4.39 Å². The molecule has 0 rings (SSSR count). The third kappa shape index (κ3) is 5.30. The van der Waals surface area contributed by atoms with E-state index < -0.39 is 5.83 Å². The predicted molar refractivity (Wildman–Crippen MR) is 56.4 cm³/mol. The summed E-state index contributed by atoms with van der Waals surface area (Å²) >= 11 is 0. The van der Waals surface area contributed by atoms with Gasteiger partial charge in [0.2, 0.25) is 0 Å². The fourth-order valence-electron chi connectivity index (χ4n) is 0.977. The standard InChI is InChI=1S/C11H16FNO/c1-5-6-8(2)11(14)13-10(4)7-9(3)12/h5-6,10H,2-3,7H2,1,4H3,(H,13,14)/b6-5-. The second-order valence-corrected chi connectivity index (χ2v) is 3.12. The molecule has 0 saturated heterocycles.